The van der Waals surface area contributed by atoms with E-state index in [0.29, 0.717) is 18.5 Å². The van der Waals surface area contributed by atoms with Crippen LogP contribution in [0.1, 0.15) is 18.4 Å². The smallest absolute Gasteiger partial charge is 0.236 e. The van der Waals surface area contributed by atoms with Crippen molar-refractivity contribution in [3.63, 3.8) is 0 Å². The number of likely N-dealkylation sites (tertiary alicyclic amines) is 1. The van der Waals surface area contributed by atoms with Crippen molar-refractivity contribution >= 4 is 41.5 Å². The lowest BCUT2D eigenvalue weighted by Crippen LogP contribution is -2.53. The van der Waals surface area contributed by atoms with E-state index in [-0.39, 0.29) is 24.8 Å². The molecule has 1 atom stereocenters. The molecule has 1 unspecified atom stereocenters. The Balaban J connectivity index is 0.00000160. The largest absolute Gasteiger partial charge is 0.339 e. The number of benzene rings is 2. The fourth-order valence-corrected chi connectivity index (χ4v) is 4.55. The van der Waals surface area contributed by atoms with E-state index >= 15 is 0 Å². The Morgan fingerprint density at radius 2 is 1.70 bits per heavy atom. The Labute approximate surface area is 192 Å². The van der Waals surface area contributed by atoms with Crippen LogP contribution in [0.4, 0.5) is 0 Å². The minimum absolute atomic E-state index is 0. The molecule has 1 N–H and O–H groups in total. The number of nitrogens with zero attached hydrogens (tertiary/aromatic N) is 3. The highest BCUT2D eigenvalue weighted by Crippen LogP contribution is 2.20. The first-order chi connectivity index (χ1) is 13.7. The molecule has 1 amide bonds. The summed E-state index contributed by atoms with van der Waals surface area (Å²) in [5.41, 5.74) is 1.38. The summed E-state index contributed by atoms with van der Waals surface area (Å²) >= 11 is 0. The minimum atomic E-state index is 0. The van der Waals surface area contributed by atoms with Crippen LogP contribution in [0.15, 0.2) is 42.5 Å². The summed E-state index contributed by atoms with van der Waals surface area (Å²) in [6.07, 6.45) is 2.39. The van der Waals surface area contributed by atoms with Crippen LogP contribution in [0.25, 0.3) is 10.8 Å². The van der Waals surface area contributed by atoms with Gasteiger partial charge in [-0.1, -0.05) is 42.5 Å². The number of halogens is 2. The molecule has 0 spiro atoms. The van der Waals surface area contributed by atoms with Crippen molar-refractivity contribution in [2.24, 2.45) is 0 Å². The number of piperazine rings is 1. The van der Waals surface area contributed by atoms with Crippen molar-refractivity contribution in [2.75, 3.05) is 52.9 Å². The van der Waals surface area contributed by atoms with E-state index in [2.05, 4.69) is 62.5 Å². The predicted molar refractivity (Wildman–Crippen MR) is 129 cm³/mol. The van der Waals surface area contributed by atoms with Crippen molar-refractivity contribution in [1.29, 1.82) is 0 Å². The number of hydrogen-bond donors (Lipinski definition) is 1. The van der Waals surface area contributed by atoms with E-state index < -0.39 is 0 Å². The molecule has 2 saturated heterocycles. The Bertz CT molecular complexity index is 805. The topological polar surface area (TPSA) is 38.8 Å². The van der Waals surface area contributed by atoms with Crippen LogP contribution in [-0.2, 0) is 11.3 Å². The second-order valence-corrected chi connectivity index (χ2v) is 8.16. The molecule has 2 aromatic rings. The quantitative estimate of drug-likeness (QED) is 0.756. The van der Waals surface area contributed by atoms with Crippen molar-refractivity contribution in [3.05, 3.63) is 48.0 Å². The van der Waals surface area contributed by atoms with Crippen molar-refractivity contribution < 1.29 is 4.79 Å². The minimum Gasteiger partial charge on any atom is -0.339 e. The summed E-state index contributed by atoms with van der Waals surface area (Å²) in [5, 5.41) is 6.00. The molecule has 2 aliphatic heterocycles. The van der Waals surface area contributed by atoms with E-state index in [4.69, 9.17) is 0 Å². The summed E-state index contributed by atoms with van der Waals surface area (Å²) in [4.78, 5) is 19.6. The summed E-state index contributed by atoms with van der Waals surface area (Å²) in [6.45, 7) is 7.15. The number of carbonyl (C=O) groups is 1. The second-order valence-electron chi connectivity index (χ2n) is 8.16. The standard InChI is InChI=1S/C23H32N4O.2ClH/c1-24-21-9-5-11-26(17-21)18-23(28)27-14-12-25(13-15-27)16-20-8-4-7-19-6-2-3-10-22(19)20;;/h2-4,6-8,10,21,24H,5,9,11-18H2,1H3;2*1H. The van der Waals surface area contributed by atoms with E-state index in [1.54, 1.807) is 0 Å². The highest BCUT2D eigenvalue weighted by atomic mass is 35.5. The average molecular weight is 453 g/mol. The molecule has 30 heavy (non-hydrogen) atoms. The Kier molecular flexibility index (Phi) is 9.85. The first-order valence-electron chi connectivity index (χ1n) is 10.6. The maximum absolute atomic E-state index is 12.7. The predicted octanol–water partition coefficient (Wildman–Crippen LogP) is 3.01. The van der Waals surface area contributed by atoms with Gasteiger partial charge in [0.15, 0.2) is 0 Å². The molecule has 0 aromatic heterocycles. The lowest BCUT2D eigenvalue weighted by Gasteiger charge is -2.37. The van der Waals surface area contributed by atoms with E-state index in [1.165, 1.54) is 29.2 Å². The van der Waals surface area contributed by atoms with Crippen LogP contribution in [0.5, 0.6) is 0 Å². The van der Waals surface area contributed by atoms with Gasteiger partial charge in [0, 0.05) is 45.3 Å². The Hall–Kier alpha value is -1.37. The second kappa shape index (κ2) is 11.9. The maximum atomic E-state index is 12.7. The number of rotatable bonds is 5. The number of nitrogens with one attached hydrogen (secondary N) is 1. The van der Waals surface area contributed by atoms with Crippen LogP contribution in [0.2, 0.25) is 0 Å². The molecular weight excluding hydrogens is 419 g/mol. The maximum Gasteiger partial charge on any atom is 0.236 e. The zero-order chi connectivity index (χ0) is 19.3. The van der Waals surface area contributed by atoms with Gasteiger partial charge in [-0.15, -0.1) is 24.8 Å². The molecule has 0 bridgehead atoms. The third-order valence-electron chi connectivity index (χ3n) is 6.27. The van der Waals surface area contributed by atoms with Crippen LogP contribution in [0, 0.1) is 0 Å². The van der Waals surface area contributed by atoms with Gasteiger partial charge >= 0.3 is 0 Å². The first-order valence-corrected chi connectivity index (χ1v) is 10.6. The Morgan fingerprint density at radius 1 is 0.967 bits per heavy atom. The SMILES string of the molecule is CNC1CCCN(CC(=O)N2CCN(Cc3cccc4ccccc34)CC2)C1.Cl.Cl. The van der Waals surface area contributed by atoms with Gasteiger partial charge in [-0.25, -0.2) is 0 Å². The number of fused-ring (bicyclic) bond motifs is 1. The number of likely N-dealkylation sites (N-methyl/N-ethyl adjacent to an activating group) is 1. The van der Waals surface area contributed by atoms with Gasteiger partial charge in [0.1, 0.15) is 0 Å². The van der Waals surface area contributed by atoms with Crippen molar-refractivity contribution in [3.8, 4) is 0 Å². The van der Waals surface area contributed by atoms with Crippen LogP contribution < -0.4 is 5.32 Å². The average Bonchev–Trinajstić information content (AvgIpc) is 2.74. The molecule has 0 aliphatic carbocycles. The molecule has 7 heteroatoms. The summed E-state index contributed by atoms with van der Waals surface area (Å²) in [6, 6.07) is 15.7. The van der Waals surface area contributed by atoms with Crippen LogP contribution in [0.3, 0.4) is 0 Å². The zero-order valence-corrected chi connectivity index (χ0v) is 19.4. The number of amides is 1. The number of piperidine rings is 1. The normalized spacial score (nSPS) is 20.4. The van der Waals surface area contributed by atoms with Gasteiger partial charge in [0.25, 0.3) is 0 Å². The van der Waals surface area contributed by atoms with Gasteiger partial charge in [-0.3, -0.25) is 14.6 Å². The number of hydrogen-bond acceptors (Lipinski definition) is 4. The van der Waals surface area contributed by atoms with Gasteiger partial charge in [-0.2, -0.15) is 0 Å². The lowest BCUT2D eigenvalue weighted by atomic mass is 10.0. The fraction of sp³-hybridized carbons (Fsp3) is 0.522. The van der Waals surface area contributed by atoms with Gasteiger partial charge in [0.05, 0.1) is 6.54 Å². The van der Waals surface area contributed by atoms with Crippen molar-refractivity contribution in [1.82, 2.24) is 20.0 Å². The fourth-order valence-electron chi connectivity index (χ4n) is 4.55. The van der Waals surface area contributed by atoms with Crippen LogP contribution >= 0.6 is 24.8 Å². The van der Waals surface area contributed by atoms with E-state index in [1.807, 2.05) is 7.05 Å². The number of carbonyl (C=O) groups excluding carboxylic acids is 1. The zero-order valence-electron chi connectivity index (χ0n) is 17.8. The van der Waals surface area contributed by atoms with Gasteiger partial charge < -0.3 is 10.2 Å². The molecule has 0 saturated carbocycles. The monoisotopic (exact) mass is 452 g/mol. The molecule has 166 valence electrons. The highest BCUT2D eigenvalue weighted by Gasteiger charge is 2.25. The van der Waals surface area contributed by atoms with E-state index in [9.17, 15) is 4.79 Å². The molecular formula is C23H34Cl2N4O. The third kappa shape index (κ3) is 6.08. The molecule has 2 aliphatic rings. The van der Waals surface area contributed by atoms with Gasteiger partial charge in [-0.05, 0) is 42.8 Å². The molecule has 2 heterocycles. The molecule has 0 radical (unpaired) electrons. The summed E-state index contributed by atoms with van der Waals surface area (Å²) in [7, 11) is 2.02. The molecule has 2 fully saturated rings. The molecule has 4 rings (SSSR count). The third-order valence-corrected chi connectivity index (χ3v) is 6.27. The molecule has 2 aromatic carbocycles. The summed E-state index contributed by atoms with van der Waals surface area (Å²) in [5.74, 6) is 0.293. The lowest BCUT2D eigenvalue weighted by molar-refractivity contribution is -0.134. The van der Waals surface area contributed by atoms with Crippen molar-refractivity contribution in [2.45, 2.75) is 25.4 Å². The first kappa shape index (κ1) is 24.9. The van der Waals surface area contributed by atoms with Gasteiger partial charge in [0.2, 0.25) is 5.91 Å². The van der Waals surface area contributed by atoms with Crippen LogP contribution in [-0.4, -0.2) is 79.5 Å². The Morgan fingerprint density at radius 3 is 2.47 bits per heavy atom. The summed E-state index contributed by atoms with van der Waals surface area (Å²) < 4.78 is 0. The van der Waals surface area contributed by atoms with E-state index in [0.717, 1.165) is 45.8 Å². The molecule has 5 nitrogen and oxygen atoms in total. The highest BCUT2D eigenvalue weighted by molar-refractivity contribution is 5.86.